The van der Waals surface area contributed by atoms with Gasteiger partial charge in [-0.2, -0.15) is 0 Å². The van der Waals surface area contributed by atoms with E-state index >= 15 is 0 Å². The van der Waals surface area contributed by atoms with Crippen molar-refractivity contribution >= 4 is 27.4 Å². The van der Waals surface area contributed by atoms with Crippen LogP contribution in [0.3, 0.4) is 0 Å². The minimum absolute atomic E-state index is 0.471. The van der Waals surface area contributed by atoms with E-state index in [-0.39, 0.29) is 0 Å². The summed E-state index contributed by atoms with van der Waals surface area (Å²) in [4.78, 5) is 19.6. The molecule has 0 atom stereocenters. The number of pyridine rings is 1. The second-order valence-corrected chi connectivity index (χ2v) is 8.93. The predicted octanol–water partition coefficient (Wildman–Crippen LogP) is 6.04. The molecular weight excluding hydrogens is 456 g/mol. The second-order valence-electron chi connectivity index (χ2n) is 7.90. The quantitative estimate of drug-likeness (QED) is 0.315. The monoisotopic (exact) mass is 476 g/mol. The Morgan fingerprint density at radius 2 is 1.69 bits per heavy atom. The van der Waals surface area contributed by atoms with Crippen molar-refractivity contribution in [3.05, 3.63) is 103 Å². The molecule has 6 aromatic rings. The molecule has 170 valence electrons. The van der Waals surface area contributed by atoms with Crippen molar-refractivity contribution in [1.29, 1.82) is 0 Å². The van der Waals surface area contributed by atoms with E-state index in [4.69, 9.17) is 15.5 Å². The maximum absolute atomic E-state index is 6.14. The summed E-state index contributed by atoms with van der Waals surface area (Å²) in [6.07, 6.45) is 5.08. The van der Waals surface area contributed by atoms with Crippen molar-refractivity contribution in [3.63, 3.8) is 0 Å². The lowest BCUT2D eigenvalue weighted by molar-refractivity contribution is 0.455. The molecule has 2 N–H and O–H groups in total. The number of hydrogen-bond acceptors (Lipinski definition) is 7. The van der Waals surface area contributed by atoms with Crippen molar-refractivity contribution < 1.29 is 4.74 Å². The van der Waals surface area contributed by atoms with Gasteiger partial charge in [0.05, 0.1) is 34.5 Å². The van der Waals surface area contributed by atoms with E-state index in [0.717, 1.165) is 43.4 Å². The normalized spacial score (nSPS) is 11.1. The number of thiophene rings is 1. The maximum Gasteiger partial charge on any atom is 0.219 e. The molecule has 0 saturated carbocycles. The molecule has 0 unspecified atom stereocenters. The van der Waals surface area contributed by atoms with Crippen LogP contribution in [0.2, 0.25) is 0 Å². The summed E-state index contributed by atoms with van der Waals surface area (Å²) in [5, 5.41) is 0.846. The average Bonchev–Trinajstić information content (AvgIpc) is 3.51. The van der Waals surface area contributed by atoms with Crippen LogP contribution in [0.1, 0.15) is 5.56 Å². The number of rotatable bonds is 6. The number of anilines is 1. The zero-order valence-corrected chi connectivity index (χ0v) is 19.4. The van der Waals surface area contributed by atoms with Gasteiger partial charge in [0.15, 0.2) is 0 Å². The molecule has 0 bridgehead atoms. The fraction of sp³-hybridized carbons (Fsp3) is 0.0370. The van der Waals surface area contributed by atoms with E-state index in [0.29, 0.717) is 18.2 Å². The number of benzene rings is 2. The topological polar surface area (TPSA) is 91.7 Å². The smallest absolute Gasteiger partial charge is 0.219 e. The Morgan fingerprint density at radius 3 is 2.51 bits per heavy atom. The Balaban J connectivity index is 1.46. The number of nitrogens with two attached hydrogens (primary N) is 1. The van der Waals surface area contributed by atoms with Gasteiger partial charge in [0, 0.05) is 23.4 Å². The van der Waals surface area contributed by atoms with Crippen molar-refractivity contribution in [3.8, 4) is 33.5 Å². The van der Waals surface area contributed by atoms with Crippen LogP contribution in [0, 0.1) is 0 Å². The van der Waals surface area contributed by atoms with Gasteiger partial charge in [-0.05, 0) is 18.2 Å². The number of nitrogens with zero attached hydrogens (tertiary/aromatic N) is 5. The first-order valence-corrected chi connectivity index (χ1v) is 11.9. The molecule has 0 aliphatic heterocycles. The van der Waals surface area contributed by atoms with Gasteiger partial charge < -0.3 is 15.0 Å². The molecule has 0 saturated heterocycles. The zero-order chi connectivity index (χ0) is 23.6. The first kappa shape index (κ1) is 21.0. The fourth-order valence-corrected chi connectivity index (χ4v) is 5.06. The van der Waals surface area contributed by atoms with E-state index in [1.54, 1.807) is 17.5 Å². The summed E-state index contributed by atoms with van der Waals surface area (Å²) in [5.41, 5.74) is 10.1. The minimum Gasteiger partial charge on any atom is -0.439 e. The molecule has 0 amide bonds. The lowest BCUT2D eigenvalue weighted by Gasteiger charge is -2.13. The Kier molecular flexibility index (Phi) is 5.40. The van der Waals surface area contributed by atoms with Gasteiger partial charge in [-0.15, -0.1) is 11.3 Å². The Labute approximate surface area is 205 Å². The van der Waals surface area contributed by atoms with Gasteiger partial charge >= 0.3 is 0 Å². The van der Waals surface area contributed by atoms with Crippen LogP contribution in [0.15, 0.2) is 97.7 Å². The zero-order valence-electron chi connectivity index (χ0n) is 18.6. The Hall–Kier alpha value is -4.56. The number of fused-ring (bicyclic) bond motifs is 1. The molecule has 7 nitrogen and oxygen atoms in total. The van der Waals surface area contributed by atoms with Gasteiger partial charge in [-0.3, -0.25) is 0 Å². The molecule has 6 rings (SSSR count). The number of imidazole rings is 1. The second kappa shape index (κ2) is 9.00. The Bertz CT molecular complexity index is 1610. The number of hydrogen-bond donors (Lipinski definition) is 1. The fourth-order valence-electron chi connectivity index (χ4n) is 4.00. The number of aromatic nitrogens is 5. The van der Waals surface area contributed by atoms with Crippen molar-refractivity contribution in [2.24, 2.45) is 0 Å². The summed E-state index contributed by atoms with van der Waals surface area (Å²) in [6.45, 7) is 0.563. The van der Waals surface area contributed by atoms with Crippen LogP contribution in [0.25, 0.3) is 32.0 Å². The molecule has 0 fully saturated rings. The van der Waals surface area contributed by atoms with Gasteiger partial charge in [0.1, 0.15) is 22.7 Å². The highest BCUT2D eigenvalue weighted by Gasteiger charge is 2.20. The van der Waals surface area contributed by atoms with Crippen molar-refractivity contribution in [2.45, 2.75) is 6.54 Å². The van der Waals surface area contributed by atoms with Gasteiger partial charge in [0.25, 0.3) is 0 Å². The standard InChI is InChI=1S/C27H20N6OS/c28-26-20-14-22(35-27(20)31-16-30-26)25-24(18-8-2-1-3-9-18)32-17-33(25)15-19-10-4-5-11-21(19)34-23-12-6-7-13-29-23/h1-14,16-17H,15H2,(H2,28,30,31). The number of nitrogen functional groups attached to an aromatic ring is 1. The molecule has 2 aromatic carbocycles. The van der Waals surface area contributed by atoms with E-state index in [2.05, 4.69) is 37.7 Å². The average molecular weight is 477 g/mol. The SMILES string of the molecule is Nc1ncnc2sc(-c3c(-c4ccccc4)ncn3Cc3ccccc3Oc3ccccn3)cc12. The molecule has 8 heteroatoms. The van der Waals surface area contributed by atoms with Crippen molar-refractivity contribution in [2.75, 3.05) is 5.73 Å². The van der Waals surface area contributed by atoms with E-state index in [1.165, 1.54) is 6.33 Å². The summed E-state index contributed by atoms with van der Waals surface area (Å²) >= 11 is 1.58. The van der Waals surface area contributed by atoms with Crippen LogP contribution in [-0.4, -0.2) is 24.5 Å². The third kappa shape index (κ3) is 4.11. The summed E-state index contributed by atoms with van der Waals surface area (Å²) in [5.74, 6) is 1.77. The minimum atomic E-state index is 0.471. The number of para-hydroxylation sites is 1. The Morgan fingerprint density at radius 1 is 0.857 bits per heavy atom. The molecular formula is C27H20N6OS. The predicted molar refractivity (Wildman–Crippen MR) is 138 cm³/mol. The highest BCUT2D eigenvalue weighted by molar-refractivity contribution is 7.21. The third-order valence-electron chi connectivity index (χ3n) is 5.64. The van der Waals surface area contributed by atoms with Crippen molar-refractivity contribution in [1.82, 2.24) is 24.5 Å². The van der Waals surface area contributed by atoms with Gasteiger partial charge in [-0.25, -0.2) is 19.9 Å². The van der Waals surface area contributed by atoms with Crippen LogP contribution in [-0.2, 0) is 6.54 Å². The summed E-state index contributed by atoms with van der Waals surface area (Å²) < 4.78 is 8.24. The molecule has 0 aliphatic carbocycles. The summed E-state index contributed by atoms with van der Waals surface area (Å²) in [6, 6.07) is 25.8. The third-order valence-corrected chi connectivity index (χ3v) is 6.69. The highest BCUT2D eigenvalue weighted by Crippen LogP contribution is 2.39. The lowest BCUT2D eigenvalue weighted by atomic mass is 10.1. The molecule has 0 radical (unpaired) electrons. The molecule has 0 aliphatic rings. The lowest BCUT2D eigenvalue weighted by Crippen LogP contribution is -2.02. The van der Waals surface area contributed by atoms with Crippen LogP contribution < -0.4 is 10.5 Å². The first-order chi connectivity index (χ1) is 17.3. The summed E-state index contributed by atoms with van der Waals surface area (Å²) in [7, 11) is 0. The van der Waals surface area contributed by atoms with Gasteiger partial charge in [0.2, 0.25) is 5.88 Å². The van der Waals surface area contributed by atoms with Crippen LogP contribution >= 0.6 is 11.3 Å². The molecule has 0 spiro atoms. The molecule has 4 aromatic heterocycles. The molecule has 4 heterocycles. The molecule has 35 heavy (non-hydrogen) atoms. The van der Waals surface area contributed by atoms with Crippen LogP contribution in [0.4, 0.5) is 5.82 Å². The maximum atomic E-state index is 6.14. The highest BCUT2D eigenvalue weighted by atomic mass is 32.1. The van der Waals surface area contributed by atoms with E-state index in [9.17, 15) is 0 Å². The van der Waals surface area contributed by atoms with Gasteiger partial charge in [-0.1, -0.05) is 54.6 Å². The van der Waals surface area contributed by atoms with E-state index in [1.807, 2.05) is 67.0 Å². The van der Waals surface area contributed by atoms with Crippen LogP contribution in [0.5, 0.6) is 11.6 Å². The first-order valence-electron chi connectivity index (χ1n) is 11.0. The number of ether oxygens (including phenoxy) is 1. The van der Waals surface area contributed by atoms with E-state index < -0.39 is 0 Å². The largest absolute Gasteiger partial charge is 0.439 e.